The molecule has 0 aliphatic heterocycles. The molecule has 2 N–H and O–H groups in total. The predicted octanol–water partition coefficient (Wildman–Crippen LogP) is 4.02. The van der Waals surface area contributed by atoms with Crippen molar-refractivity contribution in [2.45, 2.75) is 19.0 Å². The van der Waals surface area contributed by atoms with Crippen LogP contribution in [-0.2, 0) is 16.0 Å². The number of amides is 1. The topological polar surface area (TPSA) is 110 Å². The molecule has 7 nitrogen and oxygen atoms in total. The van der Waals surface area contributed by atoms with Gasteiger partial charge in [-0.25, -0.2) is 4.79 Å². The second-order valence-corrected chi connectivity index (χ2v) is 7.88. The van der Waals surface area contributed by atoms with Crippen LogP contribution < -0.4 is 9.50 Å². The van der Waals surface area contributed by atoms with Crippen LogP contribution in [0.3, 0.4) is 0 Å². The molecule has 13 heteroatoms. The molecule has 0 aliphatic rings. The molecule has 0 radical (unpaired) electrons. The first-order valence-electron chi connectivity index (χ1n) is 8.34. The van der Waals surface area contributed by atoms with Crippen molar-refractivity contribution in [3.05, 3.63) is 59.2 Å². The van der Waals surface area contributed by atoms with Gasteiger partial charge in [0.25, 0.3) is 5.91 Å². The molecular formula is C18H14F5NO6S. The van der Waals surface area contributed by atoms with E-state index in [9.17, 15) is 45.1 Å². The summed E-state index contributed by atoms with van der Waals surface area (Å²) in [5.74, 6) is -8.98. The SMILES string of the molecule is CCS(=O)(=O)Oc1cccc(C(=O)Nc2ccc(C(F)(F)C(F)(F)F)cc2)c1C(=O)O. The van der Waals surface area contributed by atoms with E-state index in [-0.39, 0.29) is 5.69 Å². The third-order valence-corrected chi connectivity index (χ3v) is 5.06. The number of rotatable bonds is 7. The number of carbonyl (C=O) groups is 2. The molecule has 1 amide bonds. The quantitative estimate of drug-likeness (QED) is 0.470. The van der Waals surface area contributed by atoms with Crippen molar-refractivity contribution in [3.63, 3.8) is 0 Å². The van der Waals surface area contributed by atoms with Crippen molar-refractivity contribution in [1.82, 2.24) is 0 Å². The van der Waals surface area contributed by atoms with Crippen LogP contribution in [-0.4, -0.2) is 37.3 Å². The van der Waals surface area contributed by atoms with Crippen LogP contribution in [0.5, 0.6) is 5.75 Å². The Morgan fingerprint density at radius 2 is 1.61 bits per heavy atom. The number of anilines is 1. The minimum absolute atomic E-state index is 0.212. The molecule has 2 aromatic rings. The molecule has 0 atom stereocenters. The first-order valence-corrected chi connectivity index (χ1v) is 9.92. The Kier molecular flexibility index (Phi) is 6.59. The molecule has 168 valence electrons. The number of hydrogen-bond donors (Lipinski definition) is 2. The number of hydrogen-bond acceptors (Lipinski definition) is 5. The summed E-state index contributed by atoms with van der Waals surface area (Å²) in [5, 5.41) is 11.5. The number of nitrogens with one attached hydrogen (secondary N) is 1. The molecule has 0 fully saturated rings. The largest absolute Gasteiger partial charge is 0.478 e. The lowest BCUT2D eigenvalue weighted by Gasteiger charge is -2.20. The summed E-state index contributed by atoms with van der Waals surface area (Å²) in [6.07, 6.45) is -5.81. The molecule has 31 heavy (non-hydrogen) atoms. The van der Waals surface area contributed by atoms with E-state index < -0.39 is 62.3 Å². The maximum atomic E-state index is 13.3. The predicted molar refractivity (Wildman–Crippen MR) is 97.8 cm³/mol. The number of carbonyl (C=O) groups excluding carboxylic acids is 1. The minimum atomic E-state index is -5.81. The average molecular weight is 467 g/mol. The van der Waals surface area contributed by atoms with E-state index in [4.69, 9.17) is 4.18 Å². The normalized spacial score (nSPS) is 12.3. The van der Waals surface area contributed by atoms with Crippen LogP contribution in [0.2, 0.25) is 0 Å². The molecule has 0 unspecified atom stereocenters. The fraction of sp³-hybridized carbons (Fsp3) is 0.222. The van der Waals surface area contributed by atoms with Gasteiger partial charge in [0.05, 0.1) is 11.3 Å². The molecule has 0 saturated heterocycles. The van der Waals surface area contributed by atoms with Crippen molar-refractivity contribution >= 4 is 27.7 Å². The van der Waals surface area contributed by atoms with E-state index in [1.807, 2.05) is 0 Å². The molecule has 0 heterocycles. The van der Waals surface area contributed by atoms with Crippen LogP contribution in [0.1, 0.15) is 33.2 Å². The number of carboxylic acid groups (broad SMARTS) is 1. The molecule has 0 bridgehead atoms. The van der Waals surface area contributed by atoms with Gasteiger partial charge in [-0.2, -0.15) is 30.4 Å². The van der Waals surface area contributed by atoms with E-state index >= 15 is 0 Å². The summed E-state index contributed by atoms with van der Waals surface area (Å²) in [4.78, 5) is 24.0. The van der Waals surface area contributed by atoms with Gasteiger partial charge in [-0.05, 0) is 31.2 Å². The number of benzene rings is 2. The molecule has 2 aromatic carbocycles. The Labute approximate surface area is 172 Å². The van der Waals surface area contributed by atoms with Gasteiger partial charge in [-0.1, -0.05) is 18.2 Å². The minimum Gasteiger partial charge on any atom is -0.478 e. The van der Waals surface area contributed by atoms with Crippen molar-refractivity contribution in [3.8, 4) is 5.75 Å². The van der Waals surface area contributed by atoms with Crippen LogP contribution in [0.25, 0.3) is 0 Å². The smallest absolute Gasteiger partial charge is 0.458 e. The maximum absolute atomic E-state index is 13.3. The Balaban J connectivity index is 2.35. The summed E-state index contributed by atoms with van der Waals surface area (Å²) >= 11 is 0. The highest BCUT2D eigenvalue weighted by atomic mass is 32.2. The van der Waals surface area contributed by atoms with Gasteiger partial charge in [-0.3, -0.25) is 4.79 Å². The molecule has 0 saturated carbocycles. The Hall–Kier alpha value is -3.22. The highest BCUT2D eigenvalue weighted by Gasteiger charge is 2.58. The van der Waals surface area contributed by atoms with Crippen LogP contribution in [0, 0.1) is 0 Å². The van der Waals surface area contributed by atoms with Crippen molar-refractivity contribution < 1.29 is 49.2 Å². The third-order valence-electron chi connectivity index (χ3n) is 3.92. The molecule has 2 rings (SSSR count). The third kappa shape index (κ3) is 5.29. The number of carboxylic acids is 1. The second-order valence-electron chi connectivity index (χ2n) is 6.02. The van der Waals surface area contributed by atoms with Crippen LogP contribution in [0.15, 0.2) is 42.5 Å². The standard InChI is InChI=1S/C18H14F5NO6S/c1-2-31(28,29)30-13-5-3-4-12(14(13)16(26)27)15(25)24-11-8-6-10(7-9-11)17(19,20)18(21,22)23/h3-9H,2H2,1H3,(H,24,25)(H,26,27). The lowest BCUT2D eigenvalue weighted by atomic mass is 10.0. The van der Waals surface area contributed by atoms with Crippen molar-refractivity contribution in [2.75, 3.05) is 11.1 Å². The van der Waals surface area contributed by atoms with Crippen molar-refractivity contribution in [1.29, 1.82) is 0 Å². The Bertz CT molecular complexity index is 1100. The average Bonchev–Trinajstić information content (AvgIpc) is 2.66. The maximum Gasteiger partial charge on any atom is 0.458 e. The molecule has 0 spiro atoms. The fourth-order valence-electron chi connectivity index (χ4n) is 2.33. The van der Waals surface area contributed by atoms with Gasteiger partial charge in [0.1, 0.15) is 5.56 Å². The number of halogens is 5. The first kappa shape index (κ1) is 24.1. The summed E-state index contributed by atoms with van der Waals surface area (Å²) < 4.78 is 91.9. The summed E-state index contributed by atoms with van der Waals surface area (Å²) in [5.41, 5.74) is -2.88. The molecule has 0 aliphatic carbocycles. The van der Waals surface area contributed by atoms with Crippen LogP contribution in [0.4, 0.5) is 27.6 Å². The van der Waals surface area contributed by atoms with E-state index in [1.54, 1.807) is 0 Å². The van der Waals surface area contributed by atoms with Gasteiger partial charge < -0.3 is 14.6 Å². The lowest BCUT2D eigenvalue weighted by molar-refractivity contribution is -0.289. The van der Waals surface area contributed by atoms with E-state index in [2.05, 4.69) is 5.32 Å². The Morgan fingerprint density at radius 1 is 1.03 bits per heavy atom. The second kappa shape index (κ2) is 8.49. The fourth-order valence-corrected chi connectivity index (χ4v) is 2.86. The highest BCUT2D eigenvalue weighted by Crippen LogP contribution is 2.43. The zero-order valence-corrected chi connectivity index (χ0v) is 16.4. The summed E-state index contributed by atoms with van der Waals surface area (Å²) in [7, 11) is -4.12. The molecular weight excluding hydrogens is 453 g/mol. The lowest BCUT2D eigenvalue weighted by Crippen LogP contribution is -2.33. The van der Waals surface area contributed by atoms with Crippen LogP contribution >= 0.6 is 0 Å². The van der Waals surface area contributed by atoms with Gasteiger partial charge in [0.15, 0.2) is 5.75 Å². The number of aromatic carboxylic acids is 1. The zero-order chi connectivity index (χ0) is 23.6. The highest BCUT2D eigenvalue weighted by molar-refractivity contribution is 7.87. The number of alkyl halides is 5. The summed E-state index contributed by atoms with van der Waals surface area (Å²) in [6, 6.07) is 5.65. The van der Waals surface area contributed by atoms with Crippen molar-refractivity contribution in [2.24, 2.45) is 0 Å². The zero-order valence-electron chi connectivity index (χ0n) is 15.5. The van der Waals surface area contributed by atoms with E-state index in [0.29, 0.717) is 12.1 Å². The van der Waals surface area contributed by atoms with Gasteiger partial charge in [0.2, 0.25) is 0 Å². The van der Waals surface area contributed by atoms with Gasteiger partial charge >= 0.3 is 28.2 Å². The summed E-state index contributed by atoms with van der Waals surface area (Å²) in [6.45, 7) is 1.25. The van der Waals surface area contributed by atoms with Gasteiger partial charge in [-0.15, -0.1) is 0 Å². The van der Waals surface area contributed by atoms with Gasteiger partial charge in [0, 0.05) is 11.3 Å². The molecule has 0 aromatic heterocycles. The first-order chi connectivity index (χ1) is 14.2. The van der Waals surface area contributed by atoms with E-state index in [0.717, 1.165) is 30.3 Å². The Morgan fingerprint density at radius 3 is 2.10 bits per heavy atom. The van der Waals surface area contributed by atoms with E-state index in [1.165, 1.54) is 6.92 Å². The monoisotopic (exact) mass is 467 g/mol.